The number of nitrogens with one attached hydrogen (secondary N) is 1. The van der Waals surface area contributed by atoms with Gasteiger partial charge in [0.05, 0.1) is 23.2 Å². The van der Waals surface area contributed by atoms with Crippen molar-refractivity contribution in [3.05, 3.63) is 131 Å². The van der Waals surface area contributed by atoms with E-state index in [1.54, 1.807) is 24.1 Å². The van der Waals surface area contributed by atoms with Gasteiger partial charge in [0.2, 0.25) is 11.8 Å². The van der Waals surface area contributed by atoms with E-state index in [4.69, 9.17) is 4.42 Å². The molecule has 1 amide bonds. The van der Waals surface area contributed by atoms with E-state index in [-0.39, 0.29) is 11.9 Å². The lowest BCUT2D eigenvalue weighted by atomic mass is 9.93. The molecule has 0 aliphatic rings. The predicted octanol–water partition coefficient (Wildman–Crippen LogP) is 6.79. The largest absolute Gasteiger partial charge is 0.419 e. The second-order valence-corrected chi connectivity index (χ2v) is 10.6. The standard InChI is InChI=1S/C35H33N5O2/c1-24(26-15-9-6-10-16-26)40(4)33(41)30-20-28(31-18-12-11-17-27(31)23-36)19-29(21-30)32-38-39-34(42-32)35(2,37-3)22-25-13-7-5-8-14-25/h5-21,24,37H,22H2,1-4H3/t24?,35-/m1/s1. The van der Waals surface area contributed by atoms with Crippen molar-refractivity contribution < 1.29 is 9.21 Å². The fraction of sp³-hybridized carbons (Fsp3) is 0.200. The van der Waals surface area contributed by atoms with Crippen molar-refractivity contribution in [2.24, 2.45) is 0 Å². The summed E-state index contributed by atoms with van der Waals surface area (Å²) < 4.78 is 6.28. The molecule has 0 aliphatic carbocycles. The molecule has 0 aliphatic heterocycles. The zero-order valence-corrected chi connectivity index (χ0v) is 24.2. The minimum atomic E-state index is -0.610. The second kappa shape index (κ2) is 12.2. The molecule has 0 saturated heterocycles. The molecule has 7 heteroatoms. The predicted molar refractivity (Wildman–Crippen MR) is 163 cm³/mol. The quantitative estimate of drug-likeness (QED) is 0.215. The maximum Gasteiger partial charge on any atom is 0.254 e. The molecular weight excluding hydrogens is 522 g/mol. The Morgan fingerprint density at radius 1 is 0.952 bits per heavy atom. The summed E-state index contributed by atoms with van der Waals surface area (Å²) in [7, 11) is 3.66. The van der Waals surface area contributed by atoms with Gasteiger partial charge >= 0.3 is 0 Å². The van der Waals surface area contributed by atoms with Crippen LogP contribution in [-0.4, -0.2) is 35.1 Å². The molecule has 1 N–H and O–H groups in total. The number of rotatable bonds is 9. The summed E-state index contributed by atoms with van der Waals surface area (Å²) in [6, 6.07) is 35.0. The van der Waals surface area contributed by atoms with Crippen LogP contribution >= 0.6 is 0 Å². The van der Waals surface area contributed by atoms with Crippen molar-refractivity contribution in [1.29, 1.82) is 5.26 Å². The molecule has 4 aromatic carbocycles. The fourth-order valence-electron chi connectivity index (χ4n) is 5.03. The van der Waals surface area contributed by atoms with Crippen LogP contribution in [0.25, 0.3) is 22.6 Å². The first kappa shape index (κ1) is 28.5. The molecule has 1 unspecified atom stereocenters. The van der Waals surface area contributed by atoms with E-state index < -0.39 is 5.54 Å². The fourth-order valence-corrected chi connectivity index (χ4v) is 5.03. The summed E-state index contributed by atoms with van der Waals surface area (Å²) in [5.74, 6) is 0.575. The Hall–Kier alpha value is -5.06. The summed E-state index contributed by atoms with van der Waals surface area (Å²) >= 11 is 0. The molecule has 7 nitrogen and oxygen atoms in total. The molecule has 1 heterocycles. The van der Waals surface area contributed by atoms with Crippen molar-refractivity contribution in [1.82, 2.24) is 20.4 Å². The van der Waals surface area contributed by atoms with Crippen LogP contribution in [0, 0.1) is 11.3 Å². The average Bonchev–Trinajstić information content (AvgIpc) is 3.56. The van der Waals surface area contributed by atoms with Crippen LogP contribution in [0.4, 0.5) is 0 Å². The van der Waals surface area contributed by atoms with Gasteiger partial charge in [0, 0.05) is 18.2 Å². The Labute approximate surface area is 246 Å². The Kier molecular flexibility index (Phi) is 8.28. The average molecular weight is 556 g/mol. The van der Waals surface area contributed by atoms with E-state index in [1.807, 2.05) is 99.8 Å². The number of aromatic nitrogens is 2. The smallest absolute Gasteiger partial charge is 0.254 e. The van der Waals surface area contributed by atoms with Gasteiger partial charge in [-0.25, -0.2) is 0 Å². The first-order chi connectivity index (χ1) is 20.3. The molecule has 0 saturated carbocycles. The molecule has 2 atom stereocenters. The van der Waals surface area contributed by atoms with Gasteiger partial charge in [0.15, 0.2) is 0 Å². The van der Waals surface area contributed by atoms with Crippen LogP contribution in [0.15, 0.2) is 108 Å². The number of nitrogens with zero attached hydrogens (tertiary/aromatic N) is 4. The van der Waals surface area contributed by atoms with E-state index in [9.17, 15) is 10.1 Å². The Balaban J connectivity index is 1.56. The summed E-state index contributed by atoms with van der Waals surface area (Å²) in [6.45, 7) is 4.02. The van der Waals surface area contributed by atoms with Gasteiger partial charge in [0.25, 0.3) is 5.91 Å². The van der Waals surface area contributed by atoms with Crippen LogP contribution in [0.1, 0.15) is 52.8 Å². The van der Waals surface area contributed by atoms with Gasteiger partial charge < -0.3 is 14.6 Å². The Bertz CT molecular complexity index is 1730. The molecule has 42 heavy (non-hydrogen) atoms. The van der Waals surface area contributed by atoms with Crippen molar-refractivity contribution >= 4 is 5.91 Å². The number of carbonyl (C=O) groups excluding carboxylic acids is 1. The van der Waals surface area contributed by atoms with Crippen molar-refractivity contribution in [2.75, 3.05) is 14.1 Å². The molecule has 5 rings (SSSR count). The first-order valence-electron chi connectivity index (χ1n) is 13.9. The van der Waals surface area contributed by atoms with E-state index in [0.29, 0.717) is 40.5 Å². The maximum atomic E-state index is 13.9. The lowest BCUT2D eigenvalue weighted by Gasteiger charge is -2.26. The molecule has 5 aromatic rings. The van der Waals surface area contributed by atoms with Crippen LogP contribution < -0.4 is 5.32 Å². The van der Waals surface area contributed by atoms with Gasteiger partial charge in [-0.2, -0.15) is 5.26 Å². The van der Waals surface area contributed by atoms with Crippen LogP contribution in [-0.2, 0) is 12.0 Å². The van der Waals surface area contributed by atoms with Gasteiger partial charge in [-0.3, -0.25) is 4.79 Å². The lowest BCUT2D eigenvalue weighted by molar-refractivity contribution is 0.0742. The van der Waals surface area contributed by atoms with Gasteiger partial charge in [0.1, 0.15) is 0 Å². The maximum absolute atomic E-state index is 13.9. The van der Waals surface area contributed by atoms with Crippen LogP contribution in [0.2, 0.25) is 0 Å². The number of hydrogen-bond acceptors (Lipinski definition) is 6. The minimum absolute atomic E-state index is 0.151. The van der Waals surface area contributed by atoms with Gasteiger partial charge in [-0.1, -0.05) is 78.9 Å². The number of carbonyl (C=O) groups is 1. The third kappa shape index (κ3) is 5.85. The van der Waals surface area contributed by atoms with Crippen molar-refractivity contribution in [3.63, 3.8) is 0 Å². The normalized spacial score (nSPS) is 13.1. The second-order valence-electron chi connectivity index (χ2n) is 10.6. The number of likely N-dealkylation sites (N-methyl/N-ethyl adjacent to an activating group) is 1. The topological polar surface area (TPSA) is 95.0 Å². The van der Waals surface area contributed by atoms with Gasteiger partial charge in [-0.05, 0) is 73.8 Å². The van der Waals surface area contributed by atoms with Crippen molar-refractivity contribution in [3.8, 4) is 28.7 Å². The van der Waals surface area contributed by atoms with Crippen LogP contribution in [0.5, 0.6) is 0 Å². The molecule has 0 bridgehead atoms. The monoisotopic (exact) mass is 555 g/mol. The third-order valence-corrected chi connectivity index (χ3v) is 7.82. The SMILES string of the molecule is CN[C@](C)(Cc1ccccc1)c1nnc(-c2cc(C(=O)N(C)C(C)c3ccccc3)cc(-c3ccccc3C#N)c2)o1. The molecule has 210 valence electrons. The summed E-state index contributed by atoms with van der Waals surface area (Å²) in [5.41, 5.74) is 4.56. The van der Waals surface area contributed by atoms with E-state index in [2.05, 4.69) is 33.7 Å². The van der Waals surface area contributed by atoms with E-state index in [1.165, 1.54) is 0 Å². The molecule has 0 radical (unpaired) electrons. The highest BCUT2D eigenvalue weighted by molar-refractivity contribution is 5.97. The number of benzene rings is 4. The summed E-state index contributed by atoms with van der Waals surface area (Å²) in [4.78, 5) is 15.6. The van der Waals surface area contributed by atoms with Crippen LogP contribution in [0.3, 0.4) is 0 Å². The molecule has 0 spiro atoms. The lowest BCUT2D eigenvalue weighted by Crippen LogP contribution is -2.39. The third-order valence-electron chi connectivity index (χ3n) is 7.82. The number of nitriles is 1. The van der Waals surface area contributed by atoms with E-state index in [0.717, 1.165) is 16.7 Å². The minimum Gasteiger partial charge on any atom is -0.419 e. The van der Waals surface area contributed by atoms with E-state index >= 15 is 0 Å². The Morgan fingerprint density at radius 3 is 2.29 bits per heavy atom. The number of hydrogen-bond donors (Lipinski definition) is 1. The summed E-state index contributed by atoms with van der Waals surface area (Å²) in [5, 5.41) is 22.0. The molecular formula is C35H33N5O2. The molecule has 1 aromatic heterocycles. The highest BCUT2D eigenvalue weighted by atomic mass is 16.4. The summed E-state index contributed by atoms with van der Waals surface area (Å²) in [6.07, 6.45) is 0.646. The number of amides is 1. The van der Waals surface area contributed by atoms with Gasteiger partial charge in [-0.15, -0.1) is 10.2 Å². The Morgan fingerprint density at radius 2 is 1.60 bits per heavy atom. The highest BCUT2D eigenvalue weighted by Crippen LogP contribution is 2.33. The highest BCUT2D eigenvalue weighted by Gasteiger charge is 2.32. The first-order valence-corrected chi connectivity index (χ1v) is 13.9. The molecule has 0 fully saturated rings. The van der Waals surface area contributed by atoms with Crippen molar-refractivity contribution in [2.45, 2.75) is 31.8 Å². The zero-order chi connectivity index (χ0) is 29.7. The zero-order valence-electron chi connectivity index (χ0n) is 24.2.